The summed E-state index contributed by atoms with van der Waals surface area (Å²) in [7, 11) is 0. The maximum Gasteiger partial charge on any atom is 0.256 e. The monoisotopic (exact) mass is 433 g/mol. The van der Waals surface area contributed by atoms with E-state index < -0.39 is 0 Å². The standard InChI is InChI=1S/C22H27N3O2S.ClH/c26-20(18-7-6-16-4-1-5-17(16)13-18)25-22-19(9-12-28-22)21(27)24-11-8-15-3-2-10-23-14-15;/h6-7,9,12-13,15,23H,1-5,8,10-11,14H2,(H,24,27)(H,25,26);1H. The number of aryl methyl sites for hydroxylation is 2. The number of fused-ring (bicyclic) bond motifs is 1. The van der Waals surface area contributed by atoms with Crippen molar-refractivity contribution in [2.45, 2.75) is 38.5 Å². The van der Waals surface area contributed by atoms with Crippen molar-refractivity contribution in [2.24, 2.45) is 5.92 Å². The molecule has 2 heterocycles. The molecule has 1 aromatic heterocycles. The van der Waals surface area contributed by atoms with Crippen LogP contribution < -0.4 is 16.0 Å². The number of benzene rings is 1. The number of carbonyl (C=O) groups is 2. The van der Waals surface area contributed by atoms with Crippen molar-refractivity contribution in [2.75, 3.05) is 25.0 Å². The van der Waals surface area contributed by atoms with Gasteiger partial charge in [-0.3, -0.25) is 9.59 Å². The molecule has 0 radical (unpaired) electrons. The molecule has 1 aromatic carbocycles. The number of hydrogen-bond donors (Lipinski definition) is 3. The molecule has 0 saturated carbocycles. The Morgan fingerprint density at radius 1 is 1.10 bits per heavy atom. The van der Waals surface area contributed by atoms with Gasteiger partial charge in [-0.05, 0) is 92.2 Å². The minimum Gasteiger partial charge on any atom is -0.352 e. The van der Waals surface area contributed by atoms with E-state index in [9.17, 15) is 9.59 Å². The zero-order chi connectivity index (χ0) is 19.3. The minimum atomic E-state index is -0.153. The van der Waals surface area contributed by atoms with Crippen LogP contribution in [0.25, 0.3) is 0 Å². The van der Waals surface area contributed by atoms with Crippen LogP contribution in [0.3, 0.4) is 0 Å². The van der Waals surface area contributed by atoms with Gasteiger partial charge in [0.05, 0.1) is 5.56 Å². The van der Waals surface area contributed by atoms with Crippen molar-refractivity contribution >= 4 is 40.6 Å². The van der Waals surface area contributed by atoms with Gasteiger partial charge in [-0.1, -0.05) is 6.07 Å². The average Bonchev–Trinajstić information content (AvgIpc) is 3.37. The molecular formula is C22H28ClN3O2S. The first-order valence-corrected chi connectivity index (χ1v) is 11.1. The lowest BCUT2D eigenvalue weighted by atomic mass is 9.96. The largest absolute Gasteiger partial charge is 0.352 e. The normalized spacial score (nSPS) is 17.9. The van der Waals surface area contributed by atoms with Crippen LogP contribution in [0.5, 0.6) is 0 Å². The summed E-state index contributed by atoms with van der Waals surface area (Å²) in [5.74, 6) is 0.365. The van der Waals surface area contributed by atoms with Gasteiger partial charge in [0.15, 0.2) is 0 Å². The van der Waals surface area contributed by atoms with Crippen molar-refractivity contribution in [3.63, 3.8) is 0 Å². The third kappa shape index (κ3) is 5.38. The lowest BCUT2D eigenvalue weighted by Gasteiger charge is -2.22. The van der Waals surface area contributed by atoms with E-state index in [0.717, 1.165) is 38.8 Å². The first kappa shape index (κ1) is 21.8. The van der Waals surface area contributed by atoms with E-state index in [0.29, 0.717) is 28.6 Å². The second kappa shape index (κ2) is 10.2. The molecule has 3 N–H and O–H groups in total. The Balaban J connectivity index is 0.00000240. The van der Waals surface area contributed by atoms with Gasteiger partial charge < -0.3 is 16.0 Å². The summed E-state index contributed by atoms with van der Waals surface area (Å²) in [5.41, 5.74) is 3.82. The second-order valence-electron chi connectivity index (χ2n) is 7.71. The number of amides is 2. The fourth-order valence-electron chi connectivity index (χ4n) is 4.13. The molecule has 1 saturated heterocycles. The zero-order valence-electron chi connectivity index (χ0n) is 16.5. The Hall–Kier alpha value is -1.89. The highest BCUT2D eigenvalue weighted by atomic mass is 35.5. The van der Waals surface area contributed by atoms with Gasteiger partial charge in [0.2, 0.25) is 0 Å². The summed E-state index contributed by atoms with van der Waals surface area (Å²) in [5, 5.41) is 11.8. The minimum absolute atomic E-state index is 0. The molecule has 4 rings (SSSR count). The summed E-state index contributed by atoms with van der Waals surface area (Å²) < 4.78 is 0. The van der Waals surface area contributed by atoms with Crippen molar-refractivity contribution in [3.8, 4) is 0 Å². The fraction of sp³-hybridized carbons (Fsp3) is 0.455. The van der Waals surface area contributed by atoms with Gasteiger partial charge in [0.1, 0.15) is 5.00 Å². The van der Waals surface area contributed by atoms with Crippen LogP contribution in [0, 0.1) is 5.92 Å². The summed E-state index contributed by atoms with van der Waals surface area (Å²) in [6.07, 6.45) is 6.72. The van der Waals surface area contributed by atoms with Gasteiger partial charge in [-0.2, -0.15) is 0 Å². The van der Waals surface area contributed by atoms with E-state index in [2.05, 4.69) is 22.0 Å². The van der Waals surface area contributed by atoms with Crippen LogP contribution in [-0.2, 0) is 12.8 Å². The Labute approximate surface area is 182 Å². The molecule has 0 spiro atoms. The first-order chi connectivity index (χ1) is 13.7. The maximum absolute atomic E-state index is 12.7. The molecule has 1 atom stereocenters. The third-order valence-electron chi connectivity index (χ3n) is 5.73. The Morgan fingerprint density at radius 2 is 1.97 bits per heavy atom. The van der Waals surface area contributed by atoms with Crippen molar-refractivity contribution in [1.82, 2.24) is 10.6 Å². The van der Waals surface area contributed by atoms with Crippen LogP contribution in [-0.4, -0.2) is 31.4 Å². The highest BCUT2D eigenvalue weighted by Gasteiger charge is 2.19. The number of hydrogen-bond acceptors (Lipinski definition) is 4. The highest BCUT2D eigenvalue weighted by molar-refractivity contribution is 7.14. The van der Waals surface area contributed by atoms with Crippen molar-refractivity contribution in [1.29, 1.82) is 0 Å². The van der Waals surface area contributed by atoms with Gasteiger partial charge in [0, 0.05) is 12.1 Å². The van der Waals surface area contributed by atoms with Crippen LogP contribution >= 0.6 is 23.7 Å². The summed E-state index contributed by atoms with van der Waals surface area (Å²) in [6, 6.07) is 7.70. The topological polar surface area (TPSA) is 70.2 Å². The van der Waals surface area contributed by atoms with E-state index in [-0.39, 0.29) is 24.2 Å². The molecule has 29 heavy (non-hydrogen) atoms. The lowest BCUT2D eigenvalue weighted by molar-refractivity contribution is 0.0952. The molecule has 156 valence electrons. The van der Waals surface area contributed by atoms with Gasteiger partial charge in [0.25, 0.3) is 11.8 Å². The van der Waals surface area contributed by atoms with E-state index in [4.69, 9.17) is 0 Å². The fourth-order valence-corrected chi connectivity index (χ4v) is 4.91. The molecule has 2 amide bonds. The average molecular weight is 434 g/mol. The highest BCUT2D eigenvalue weighted by Crippen LogP contribution is 2.26. The van der Waals surface area contributed by atoms with Crippen LogP contribution in [0.1, 0.15) is 57.5 Å². The number of rotatable bonds is 6. The molecule has 1 aliphatic heterocycles. The molecule has 0 bridgehead atoms. The number of halogens is 1. The van der Waals surface area contributed by atoms with Crippen molar-refractivity contribution in [3.05, 3.63) is 51.9 Å². The van der Waals surface area contributed by atoms with E-state index in [1.165, 1.54) is 35.3 Å². The second-order valence-corrected chi connectivity index (χ2v) is 8.63. The summed E-state index contributed by atoms with van der Waals surface area (Å²) in [4.78, 5) is 25.2. The molecular weight excluding hydrogens is 406 g/mol. The van der Waals surface area contributed by atoms with Gasteiger partial charge >= 0.3 is 0 Å². The lowest BCUT2D eigenvalue weighted by Crippen LogP contribution is -2.33. The first-order valence-electron chi connectivity index (χ1n) is 10.2. The van der Waals surface area contributed by atoms with Crippen molar-refractivity contribution < 1.29 is 9.59 Å². The van der Waals surface area contributed by atoms with Gasteiger partial charge in [-0.15, -0.1) is 23.7 Å². The SMILES string of the molecule is Cl.O=C(Nc1sccc1C(=O)NCCC1CCCNC1)c1ccc2c(c1)CCC2. The predicted molar refractivity (Wildman–Crippen MR) is 121 cm³/mol. The smallest absolute Gasteiger partial charge is 0.256 e. The number of thiophene rings is 1. The third-order valence-corrected chi connectivity index (χ3v) is 6.56. The van der Waals surface area contributed by atoms with Gasteiger partial charge in [-0.25, -0.2) is 0 Å². The Bertz CT molecular complexity index is 861. The molecule has 2 aliphatic rings. The molecule has 1 unspecified atom stereocenters. The predicted octanol–water partition coefficient (Wildman–Crippen LogP) is 4.03. The van der Waals surface area contributed by atoms with Crippen LogP contribution in [0.15, 0.2) is 29.6 Å². The molecule has 5 nitrogen and oxygen atoms in total. The zero-order valence-corrected chi connectivity index (χ0v) is 18.1. The number of piperidine rings is 1. The van der Waals surface area contributed by atoms with E-state index in [1.54, 1.807) is 6.07 Å². The molecule has 2 aromatic rings. The summed E-state index contributed by atoms with van der Waals surface area (Å²) >= 11 is 1.39. The van der Waals surface area contributed by atoms with E-state index in [1.807, 2.05) is 17.5 Å². The number of nitrogens with one attached hydrogen (secondary N) is 3. The molecule has 7 heteroatoms. The van der Waals surface area contributed by atoms with Crippen LogP contribution in [0.2, 0.25) is 0 Å². The Morgan fingerprint density at radius 3 is 2.79 bits per heavy atom. The number of anilines is 1. The Kier molecular flexibility index (Phi) is 7.70. The van der Waals surface area contributed by atoms with Crippen LogP contribution in [0.4, 0.5) is 5.00 Å². The van der Waals surface area contributed by atoms with E-state index >= 15 is 0 Å². The molecule has 1 aliphatic carbocycles. The quantitative estimate of drug-likeness (QED) is 0.644. The molecule has 1 fully saturated rings. The summed E-state index contributed by atoms with van der Waals surface area (Å²) in [6.45, 7) is 2.81. The number of carbonyl (C=O) groups excluding carboxylic acids is 2. The maximum atomic E-state index is 12.7.